The molecular formula is C23H15ClF2N2O4. The smallest absolute Gasteiger partial charge is 0.300 e. The number of pyridine rings is 1. The number of Topliss-reactive ketones (excluding diaryl/α,β-unsaturated/α-hetero) is 1. The number of methoxy groups -OCH3 is 1. The van der Waals surface area contributed by atoms with E-state index in [0.29, 0.717) is 5.56 Å². The number of anilines is 1. The Labute approximate surface area is 186 Å². The fourth-order valence-corrected chi connectivity index (χ4v) is 3.78. The maximum Gasteiger partial charge on any atom is 0.300 e. The monoisotopic (exact) mass is 456 g/mol. The number of carbonyl (C=O) groups is 2. The molecule has 0 aliphatic carbocycles. The zero-order chi connectivity index (χ0) is 23.0. The number of amides is 1. The zero-order valence-electron chi connectivity index (χ0n) is 16.6. The van der Waals surface area contributed by atoms with E-state index in [-0.39, 0.29) is 27.6 Å². The molecule has 1 atom stereocenters. The van der Waals surface area contributed by atoms with Gasteiger partial charge in [0.1, 0.15) is 23.1 Å². The largest absolute Gasteiger partial charge is 0.507 e. The van der Waals surface area contributed by atoms with Crippen molar-refractivity contribution in [3.8, 4) is 5.75 Å². The number of aliphatic hydroxyl groups is 1. The van der Waals surface area contributed by atoms with Crippen LogP contribution in [0.3, 0.4) is 0 Å². The van der Waals surface area contributed by atoms with E-state index < -0.39 is 35.1 Å². The summed E-state index contributed by atoms with van der Waals surface area (Å²) in [6.07, 6.45) is 2.91. The van der Waals surface area contributed by atoms with E-state index in [1.807, 2.05) is 0 Å². The van der Waals surface area contributed by atoms with Gasteiger partial charge in [-0.3, -0.25) is 19.5 Å². The van der Waals surface area contributed by atoms with Crippen LogP contribution in [0.5, 0.6) is 5.75 Å². The van der Waals surface area contributed by atoms with E-state index in [4.69, 9.17) is 16.3 Å². The molecule has 1 unspecified atom stereocenters. The van der Waals surface area contributed by atoms with E-state index in [1.165, 1.54) is 37.7 Å². The normalized spacial score (nSPS) is 17.6. The number of rotatable bonds is 4. The van der Waals surface area contributed by atoms with Gasteiger partial charge in [0.05, 0.1) is 29.3 Å². The number of ether oxygens (including phenoxy) is 1. The van der Waals surface area contributed by atoms with Crippen LogP contribution in [0.4, 0.5) is 14.5 Å². The number of benzene rings is 2. The number of hydrogen-bond acceptors (Lipinski definition) is 5. The Balaban J connectivity index is 1.98. The lowest BCUT2D eigenvalue weighted by atomic mass is 9.95. The molecule has 1 aromatic heterocycles. The maximum atomic E-state index is 13.9. The SMILES string of the molecule is COc1ccc(F)cc1/C(O)=C1\C(=O)C(=O)N(c2ccc(F)c(Cl)c2)C1c1ccncc1. The standard InChI is InChI=1S/C23H15ClF2N2O4/c1-32-18-5-2-13(25)10-15(18)21(29)19-20(12-6-8-27-9-7-12)28(23(31)22(19)30)14-3-4-17(26)16(24)11-14/h2-11,20,29H,1H3/b21-19+. The third kappa shape index (κ3) is 3.58. The number of nitrogens with zero attached hydrogens (tertiary/aromatic N) is 2. The molecule has 3 aromatic rings. The number of ketones is 1. The number of aromatic nitrogens is 1. The second-order valence-corrected chi connectivity index (χ2v) is 7.30. The molecule has 0 spiro atoms. The van der Waals surface area contributed by atoms with Crippen LogP contribution >= 0.6 is 11.6 Å². The molecule has 0 saturated carbocycles. The molecule has 9 heteroatoms. The van der Waals surface area contributed by atoms with Gasteiger partial charge in [0.2, 0.25) is 0 Å². The first-order valence-corrected chi connectivity index (χ1v) is 9.71. The van der Waals surface area contributed by atoms with E-state index in [0.717, 1.165) is 23.1 Å². The Kier molecular flexibility index (Phi) is 5.63. The van der Waals surface area contributed by atoms with E-state index >= 15 is 0 Å². The van der Waals surface area contributed by atoms with Crippen LogP contribution < -0.4 is 9.64 Å². The van der Waals surface area contributed by atoms with Gasteiger partial charge in [-0.1, -0.05) is 11.6 Å². The maximum absolute atomic E-state index is 13.9. The van der Waals surface area contributed by atoms with Crippen LogP contribution in [0.2, 0.25) is 5.02 Å². The van der Waals surface area contributed by atoms with Crippen LogP contribution in [-0.4, -0.2) is 28.9 Å². The summed E-state index contributed by atoms with van der Waals surface area (Å²) in [5, 5.41) is 10.8. The second kappa shape index (κ2) is 8.39. The van der Waals surface area contributed by atoms with Crippen molar-refractivity contribution in [1.82, 2.24) is 4.98 Å². The highest BCUT2D eigenvalue weighted by Gasteiger charge is 2.47. The number of halogens is 3. The van der Waals surface area contributed by atoms with Crippen LogP contribution in [0.25, 0.3) is 5.76 Å². The van der Waals surface area contributed by atoms with Crippen molar-refractivity contribution in [2.75, 3.05) is 12.0 Å². The molecule has 1 saturated heterocycles. The molecule has 1 aliphatic rings. The minimum atomic E-state index is -1.10. The first-order valence-electron chi connectivity index (χ1n) is 9.33. The summed E-state index contributed by atoms with van der Waals surface area (Å²) >= 11 is 5.89. The molecule has 0 radical (unpaired) electrons. The van der Waals surface area contributed by atoms with Crippen LogP contribution in [-0.2, 0) is 9.59 Å². The molecule has 2 heterocycles. The second-order valence-electron chi connectivity index (χ2n) is 6.89. The van der Waals surface area contributed by atoms with Crippen molar-refractivity contribution in [2.24, 2.45) is 0 Å². The summed E-state index contributed by atoms with van der Waals surface area (Å²) in [5.41, 5.74) is 0.203. The van der Waals surface area contributed by atoms with Gasteiger partial charge >= 0.3 is 0 Å². The number of aliphatic hydroxyl groups excluding tert-OH is 1. The van der Waals surface area contributed by atoms with E-state index in [2.05, 4.69) is 4.98 Å². The quantitative estimate of drug-likeness (QED) is 0.351. The number of hydrogen-bond donors (Lipinski definition) is 1. The van der Waals surface area contributed by atoms with Crippen molar-refractivity contribution < 1.29 is 28.2 Å². The van der Waals surface area contributed by atoms with Gasteiger partial charge in [0.25, 0.3) is 11.7 Å². The molecule has 4 rings (SSSR count). The van der Waals surface area contributed by atoms with Gasteiger partial charge in [-0.25, -0.2) is 8.78 Å². The topological polar surface area (TPSA) is 79.7 Å². The molecule has 1 amide bonds. The zero-order valence-corrected chi connectivity index (χ0v) is 17.3. The Hall–Kier alpha value is -3.78. The molecule has 0 bridgehead atoms. The lowest BCUT2D eigenvalue weighted by molar-refractivity contribution is -0.132. The highest BCUT2D eigenvalue weighted by atomic mass is 35.5. The fraction of sp³-hybridized carbons (Fsp3) is 0.0870. The summed E-state index contributed by atoms with van der Waals surface area (Å²) in [6, 6.07) is 9.01. The molecule has 1 N–H and O–H groups in total. The Morgan fingerprint density at radius 2 is 1.81 bits per heavy atom. The fourth-order valence-electron chi connectivity index (χ4n) is 3.61. The molecular weight excluding hydrogens is 442 g/mol. The summed E-state index contributed by atoms with van der Waals surface area (Å²) in [4.78, 5) is 31.1. The van der Waals surface area contributed by atoms with Crippen molar-refractivity contribution in [3.05, 3.63) is 94.3 Å². The Morgan fingerprint density at radius 1 is 1.09 bits per heavy atom. The van der Waals surface area contributed by atoms with Gasteiger partial charge < -0.3 is 9.84 Å². The Morgan fingerprint density at radius 3 is 2.47 bits per heavy atom. The highest BCUT2D eigenvalue weighted by Crippen LogP contribution is 2.43. The highest BCUT2D eigenvalue weighted by molar-refractivity contribution is 6.51. The van der Waals surface area contributed by atoms with Crippen LogP contribution in [0.15, 0.2) is 66.5 Å². The first kappa shape index (κ1) is 21.5. The lowest BCUT2D eigenvalue weighted by Crippen LogP contribution is -2.29. The van der Waals surface area contributed by atoms with Crippen LogP contribution in [0, 0.1) is 11.6 Å². The van der Waals surface area contributed by atoms with E-state index in [1.54, 1.807) is 12.1 Å². The summed E-state index contributed by atoms with van der Waals surface area (Å²) in [6.45, 7) is 0. The van der Waals surface area contributed by atoms with Crippen molar-refractivity contribution in [3.63, 3.8) is 0 Å². The minimum Gasteiger partial charge on any atom is -0.507 e. The third-order valence-corrected chi connectivity index (χ3v) is 5.35. The van der Waals surface area contributed by atoms with Crippen molar-refractivity contribution >= 4 is 34.7 Å². The summed E-state index contributed by atoms with van der Waals surface area (Å²) in [7, 11) is 1.32. The summed E-state index contributed by atoms with van der Waals surface area (Å²) < 4.78 is 32.8. The van der Waals surface area contributed by atoms with Gasteiger partial charge in [0, 0.05) is 18.1 Å². The number of carbonyl (C=O) groups excluding carboxylic acids is 2. The average molecular weight is 457 g/mol. The van der Waals surface area contributed by atoms with Gasteiger partial charge in [-0.05, 0) is 54.1 Å². The average Bonchev–Trinajstić information content (AvgIpc) is 3.06. The third-order valence-electron chi connectivity index (χ3n) is 5.06. The predicted octanol–water partition coefficient (Wildman–Crippen LogP) is 4.65. The van der Waals surface area contributed by atoms with E-state index in [9.17, 15) is 23.5 Å². The van der Waals surface area contributed by atoms with Crippen molar-refractivity contribution in [1.29, 1.82) is 0 Å². The molecule has 1 fully saturated rings. The molecule has 6 nitrogen and oxygen atoms in total. The predicted molar refractivity (Wildman–Crippen MR) is 113 cm³/mol. The van der Waals surface area contributed by atoms with Crippen LogP contribution in [0.1, 0.15) is 17.2 Å². The van der Waals surface area contributed by atoms with Gasteiger partial charge in [-0.2, -0.15) is 0 Å². The molecule has 32 heavy (non-hydrogen) atoms. The van der Waals surface area contributed by atoms with Crippen molar-refractivity contribution in [2.45, 2.75) is 6.04 Å². The molecule has 1 aliphatic heterocycles. The van der Waals surface area contributed by atoms with Gasteiger partial charge in [0.15, 0.2) is 0 Å². The molecule has 162 valence electrons. The molecule has 2 aromatic carbocycles. The lowest BCUT2D eigenvalue weighted by Gasteiger charge is -2.25. The minimum absolute atomic E-state index is 0.0957. The van der Waals surface area contributed by atoms with Gasteiger partial charge in [-0.15, -0.1) is 0 Å². The first-order chi connectivity index (χ1) is 15.3. The summed E-state index contributed by atoms with van der Waals surface area (Å²) in [5.74, 6) is -3.85. The Bertz CT molecular complexity index is 1260.